The van der Waals surface area contributed by atoms with E-state index in [0.29, 0.717) is 38.9 Å². The number of amides is 5. The fraction of sp³-hybridized carbons (Fsp3) is 0.745. The second-order valence-electron chi connectivity index (χ2n) is 18.4. The van der Waals surface area contributed by atoms with Gasteiger partial charge in [-0.2, -0.15) is 0 Å². The van der Waals surface area contributed by atoms with Crippen LogP contribution in [-0.4, -0.2) is 145 Å². The number of nitrogens with one attached hydrogen (secondary N) is 3. The molecule has 1 aromatic rings. The van der Waals surface area contributed by atoms with Crippen molar-refractivity contribution in [3.05, 3.63) is 35.9 Å². The number of imide groups is 1. The molecule has 62 heavy (non-hydrogen) atoms. The van der Waals surface area contributed by atoms with Gasteiger partial charge in [0.05, 0.1) is 42.7 Å². The summed E-state index contributed by atoms with van der Waals surface area (Å²) in [5.41, 5.74) is -0.0813. The van der Waals surface area contributed by atoms with Gasteiger partial charge in [-0.25, -0.2) is 0 Å². The van der Waals surface area contributed by atoms with Crippen molar-refractivity contribution in [2.75, 3.05) is 47.9 Å². The normalized spacial score (nSPS) is 22.2. The molecule has 1 aliphatic heterocycles. The third-order valence-corrected chi connectivity index (χ3v) is 13.2. The van der Waals surface area contributed by atoms with E-state index in [0.717, 1.165) is 24.8 Å². The third-order valence-electron chi connectivity index (χ3n) is 13.2. The van der Waals surface area contributed by atoms with Crippen LogP contribution in [0.4, 0.5) is 0 Å². The highest BCUT2D eigenvalue weighted by atomic mass is 16.5. The summed E-state index contributed by atoms with van der Waals surface area (Å²) in [4.78, 5) is 86.6. The average molecular weight is 871 g/mol. The lowest BCUT2D eigenvalue weighted by atomic mass is 9.87. The van der Waals surface area contributed by atoms with Crippen LogP contribution < -0.4 is 16.0 Å². The van der Waals surface area contributed by atoms with Crippen LogP contribution in [0.2, 0.25) is 0 Å². The zero-order valence-corrected chi connectivity index (χ0v) is 39.6. The Bertz CT molecular complexity index is 1640. The summed E-state index contributed by atoms with van der Waals surface area (Å²) in [5.74, 6) is -3.68. The minimum absolute atomic E-state index is 0.0138. The molecule has 1 aromatic carbocycles. The van der Waals surface area contributed by atoms with E-state index in [4.69, 9.17) is 14.6 Å². The van der Waals surface area contributed by atoms with E-state index in [2.05, 4.69) is 29.8 Å². The number of ether oxygens (including phenoxy) is 2. The molecule has 0 aromatic heterocycles. The van der Waals surface area contributed by atoms with Gasteiger partial charge in [-0.1, -0.05) is 92.1 Å². The molecule has 1 heterocycles. The van der Waals surface area contributed by atoms with Crippen LogP contribution in [0.1, 0.15) is 118 Å². The van der Waals surface area contributed by atoms with Gasteiger partial charge in [0, 0.05) is 45.7 Å². The Morgan fingerprint density at radius 2 is 1.53 bits per heavy atom. The Balaban J connectivity index is 1.80. The van der Waals surface area contributed by atoms with Crippen molar-refractivity contribution in [3.63, 3.8) is 0 Å². The molecule has 15 heteroatoms. The molecule has 350 valence electrons. The first-order chi connectivity index (χ1) is 29.3. The van der Waals surface area contributed by atoms with E-state index in [9.17, 15) is 28.8 Å². The molecule has 5 amide bonds. The van der Waals surface area contributed by atoms with Gasteiger partial charge in [-0.05, 0) is 76.1 Å². The quantitative estimate of drug-likeness (QED) is 0.103. The number of carbonyl (C=O) groups is 6. The van der Waals surface area contributed by atoms with Crippen molar-refractivity contribution >= 4 is 35.5 Å². The van der Waals surface area contributed by atoms with Crippen LogP contribution in [0.15, 0.2) is 30.3 Å². The molecule has 2 aliphatic rings. The van der Waals surface area contributed by atoms with Crippen molar-refractivity contribution in [2.45, 2.75) is 155 Å². The fourth-order valence-corrected chi connectivity index (χ4v) is 9.76. The van der Waals surface area contributed by atoms with Crippen molar-refractivity contribution in [3.8, 4) is 0 Å². The summed E-state index contributed by atoms with van der Waals surface area (Å²) in [7, 11) is 6.73. The van der Waals surface area contributed by atoms with Crippen LogP contribution in [0.5, 0.6) is 0 Å². The second kappa shape index (κ2) is 24.2. The number of methoxy groups -OCH3 is 2. The van der Waals surface area contributed by atoms with Gasteiger partial charge >= 0.3 is 5.97 Å². The second-order valence-corrected chi connectivity index (χ2v) is 18.4. The predicted octanol–water partition coefficient (Wildman–Crippen LogP) is 4.44. The summed E-state index contributed by atoms with van der Waals surface area (Å²) < 4.78 is 12.2. The lowest BCUT2D eigenvalue weighted by Crippen LogP contribution is -2.60. The molecule has 1 aliphatic carbocycles. The summed E-state index contributed by atoms with van der Waals surface area (Å²) in [6.07, 6.45) is 2.47. The van der Waals surface area contributed by atoms with Gasteiger partial charge < -0.3 is 30.1 Å². The summed E-state index contributed by atoms with van der Waals surface area (Å²) >= 11 is 0. The summed E-state index contributed by atoms with van der Waals surface area (Å²) in [5, 5.41) is 17.9. The zero-order chi connectivity index (χ0) is 46.5. The van der Waals surface area contributed by atoms with E-state index >= 15 is 0 Å². The molecular weight excluding hydrogens is 793 g/mol. The Kier molecular flexibility index (Phi) is 20.5. The van der Waals surface area contributed by atoms with Crippen LogP contribution in [0.25, 0.3) is 0 Å². The average Bonchev–Trinajstić information content (AvgIpc) is 3.74. The number of nitrogens with zero attached hydrogens (tertiary/aromatic N) is 3. The third kappa shape index (κ3) is 13.1. The lowest BCUT2D eigenvalue weighted by molar-refractivity contribution is -0.145. The van der Waals surface area contributed by atoms with E-state index in [-0.39, 0.29) is 54.2 Å². The zero-order valence-electron chi connectivity index (χ0n) is 39.6. The molecule has 10 atom stereocenters. The lowest BCUT2D eigenvalue weighted by Gasteiger charge is -2.43. The maximum absolute atomic E-state index is 14.5. The molecule has 0 unspecified atom stereocenters. The molecule has 2 fully saturated rings. The van der Waals surface area contributed by atoms with E-state index in [1.807, 2.05) is 76.9 Å². The van der Waals surface area contributed by atoms with Gasteiger partial charge in [0.15, 0.2) is 0 Å². The number of likely N-dealkylation sites (N-methyl/N-ethyl adjacent to an activating group) is 2. The molecule has 1 saturated carbocycles. The minimum atomic E-state index is -1.07. The Morgan fingerprint density at radius 3 is 2.08 bits per heavy atom. The molecular formula is C47H78N6O9. The molecule has 15 nitrogen and oxygen atoms in total. The van der Waals surface area contributed by atoms with Crippen molar-refractivity contribution < 1.29 is 43.3 Å². The number of hydrogen-bond acceptors (Lipinski definition) is 10. The number of benzene rings is 1. The van der Waals surface area contributed by atoms with Crippen molar-refractivity contribution in [1.29, 1.82) is 0 Å². The van der Waals surface area contributed by atoms with E-state index in [1.54, 1.807) is 38.0 Å². The highest BCUT2D eigenvalue weighted by Gasteiger charge is 2.62. The fourth-order valence-electron chi connectivity index (χ4n) is 9.76. The molecule has 3 rings (SSSR count). The first kappa shape index (κ1) is 52.4. The topological polar surface area (TPSA) is 187 Å². The monoisotopic (exact) mass is 871 g/mol. The van der Waals surface area contributed by atoms with Crippen LogP contribution in [-0.2, 0) is 38.2 Å². The standard InChI is InChI=1S/C47H78N6O9/c1-13-24-48-46(60)47(28-34(47)33-20-16-15-17-21-33)50-43(57)32(8)42(62-12)35-22-18-26-53(35)37(54)27-36(61-11)41(31(7)14-2)52(10)40(30(5)6)45(59)49-44(58)39(29(3)4)51(9)25-19-23-38(55)56/h15-17,20-21,29-32,34-36,39-42H,13-14,18-19,22-28H2,1-12H3,(H,48,60)(H,50,57)(H,55,56)(H,49,58,59)/t31-,32+,34+,35-,36+,39-,40-,41-,42+,47-/m0/s1. The maximum Gasteiger partial charge on any atom is 0.303 e. The molecule has 0 radical (unpaired) electrons. The van der Waals surface area contributed by atoms with Crippen molar-refractivity contribution in [1.82, 2.24) is 30.7 Å². The van der Waals surface area contributed by atoms with Gasteiger partial charge in [0.25, 0.3) is 0 Å². The van der Waals surface area contributed by atoms with Crippen LogP contribution >= 0.6 is 0 Å². The number of likely N-dealkylation sites (tertiary alicyclic amines) is 1. The number of hydrogen-bond donors (Lipinski definition) is 4. The Hall–Kier alpha value is -3.92. The smallest absolute Gasteiger partial charge is 0.303 e. The Morgan fingerprint density at radius 1 is 0.903 bits per heavy atom. The van der Waals surface area contributed by atoms with Crippen molar-refractivity contribution in [2.24, 2.45) is 23.7 Å². The Labute approximate surface area is 370 Å². The summed E-state index contributed by atoms with van der Waals surface area (Å²) in [6, 6.07) is 7.56. The van der Waals surface area contributed by atoms with Crippen LogP contribution in [0, 0.1) is 23.7 Å². The van der Waals surface area contributed by atoms with Crippen LogP contribution in [0.3, 0.4) is 0 Å². The molecule has 0 bridgehead atoms. The summed E-state index contributed by atoms with van der Waals surface area (Å²) in [6.45, 7) is 16.9. The first-order valence-electron chi connectivity index (χ1n) is 22.8. The largest absolute Gasteiger partial charge is 0.481 e. The highest BCUT2D eigenvalue weighted by Crippen LogP contribution is 2.52. The van der Waals surface area contributed by atoms with Gasteiger partial charge in [0.2, 0.25) is 29.5 Å². The number of aliphatic carboxylic acids is 1. The first-order valence-corrected chi connectivity index (χ1v) is 22.8. The predicted molar refractivity (Wildman–Crippen MR) is 239 cm³/mol. The SMILES string of the molecule is CCCNC(=O)[C@]1(NC(=O)[C@H](C)[C@@H](OC)[C@@H]2CCCN2C(=O)C[C@@H](OC)[C@H]([C@@H](C)CC)N(C)[C@H](C(=O)NC(=O)[C@H](C(C)C)N(C)CCCC(=O)O)C(C)C)C[C@@H]1c1ccccc1. The van der Waals surface area contributed by atoms with E-state index in [1.165, 1.54) is 0 Å². The molecule has 1 saturated heterocycles. The number of carboxylic acid groups (broad SMARTS) is 1. The number of carbonyl (C=O) groups excluding carboxylic acids is 5. The van der Waals surface area contributed by atoms with Gasteiger partial charge in [-0.15, -0.1) is 0 Å². The van der Waals surface area contributed by atoms with Gasteiger partial charge in [0.1, 0.15) is 5.54 Å². The number of carboxylic acids is 1. The van der Waals surface area contributed by atoms with Gasteiger partial charge in [-0.3, -0.25) is 43.9 Å². The number of rotatable bonds is 26. The maximum atomic E-state index is 14.5. The molecule has 4 N–H and O–H groups in total. The van der Waals surface area contributed by atoms with E-state index < -0.39 is 65.6 Å². The molecule has 0 spiro atoms. The highest BCUT2D eigenvalue weighted by molar-refractivity contribution is 6.00. The minimum Gasteiger partial charge on any atom is -0.481 e.